The van der Waals surface area contributed by atoms with Crippen molar-refractivity contribution < 1.29 is 9.21 Å². The molecule has 3 rings (SSSR count). The Morgan fingerprint density at radius 3 is 2.87 bits per heavy atom. The maximum Gasteiger partial charge on any atom is 0.251 e. The molecular formula is C16H17N5O2. The van der Waals surface area contributed by atoms with E-state index in [4.69, 9.17) is 4.42 Å². The smallest absolute Gasteiger partial charge is 0.251 e. The topological polar surface area (TPSA) is 85.8 Å². The van der Waals surface area contributed by atoms with Crippen LogP contribution in [0.5, 0.6) is 0 Å². The number of hydrogen-bond donors (Lipinski definition) is 1. The second-order valence-corrected chi connectivity index (χ2v) is 5.23. The molecule has 1 aromatic carbocycles. The lowest BCUT2D eigenvalue weighted by atomic mass is 10.1. The Kier molecular flexibility index (Phi) is 4.18. The molecule has 2 heterocycles. The molecule has 1 amide bonds. The van der Waals surface area contributed by atoms with Gasteiger partial charge < -0.3 is 9.73 Å². The number of nitrogens with one attached hydrogen (secondary N) is 1. The molecule has 7 heteroatoms. The van der Waals surface area contributed by atoms with E-state index in [1.165, 1.54) is 0 Å². The summed E-state index contributed by atoms with van der Waals surface area (Å²) in [5, 5.41) is 14.2. The Labute approximate surface area is 133 Å². The van der Waals surface area contributed by atoms with E-state index in [2.05, 4.69) is 20.8 Å². The van der Waals surface area contributed by atoms with Gasteiger partial charge in [-0.05, 0) is 41.6 Å². The predicted molar refractivity (Wildman–Crippen MR) is 83.7 cm³/mol. The highest BCUT2D eigenvalue weighted by Gasteiger charge is 2.10. The van der Waals surface area contributed by atoms with E-state index >= 15 is 0 Å². The van der Waals surface area contributed by atoms with Crippen LogP contribution in [0.1, 0.15) is 21.9 Å². The summed E-state index contributed by atoms with van der Waals surface area (Å²) in [6.07, 6.45) is 0.659. The Morgan fingerprint density at radius 2 is 2.17 bits per heavy atom. The molecule has 0 fully saturated rings. The molecule has 0 aliphatic rings. The van der Waals surface area contributed by atoms with Gasteiger partial charge in [-0.15, -0.1) is 5.10 Å². The van der Waals surface area contributed by atoms with Crippen LogP contribution in [0.25, 0.3) is 11.4 Å². The van der Waals surface area contributed by atoms with E-state index in [9.17, 15) is 4.79 Å². The number of hydrogen-bond acceptors (Lipinski definition) is 5. The first-order chi connectivity index (χ1) is 11.1. The minimum absolute atomic E-state index is 0.134. The average Bonchev–Trinajstić information content (AvgIpc) is 3.16. The van der Waals surface area contributed by atoms with Gasteiger partial charge in [-0.2, -0.15) is 0 Å². The minimum atomic E-state index is -0.134. The molecule has 0 atom stereocenters. The van der Waals surface area contributed by atoms with Crippen LogP contribution >= 0.6 is 0 Å². The maximum atomic E-state index is 12.2. The van der Waals surface area contributed by atoms with E-state index in [0.29, 0.717) is 24.4 Å². The molecule has 0 saturated carbocycles. The fourth-order valence-electron chi connectivity index (χ4n) is 2.29. The third-order valence-corrected chi connectivity index (χ3v) is 3.46. The highest BCUT2D eigenvalue weighted by Crippen LogP contribution is 2.16. The molecule has 0 spiro atoms. The number of benzene rings is 1. The van der Waals surface area contributed by atoms with Gasteiger partial charge in [0.15, 0.2) is 5.82 Å². The zero-order valence-corrected chi connectivity index (χ0v) is 13.0. The van der Waals surface area contributed by atoms with Crippen LogP contribution in [0.4, 0.5) is 0 Å². The average molecular weight is 311 g/mol. The Morgan fingerprint density at radius 1 is 1.30 bits per heavy atom. The maximum absolute atomic E-state index is 12.2. The summed E-state index contributed by atoms with van der Waals surface area (Å²) in [6.45, 7) is 2.41. The lowest BCUT2D eigenvalue weighted by Gasteiger charge is -2.06. The SMILES string of the molecule is Cc1ccc(CCNC(=O)c2cccc(-c3nnnn3C)c2)o1. The highest BCUT2D eigenvalue weighted by atomic mass is 16.3. The van der Waals surface area contributed by atoms with Crippen LogP contribution in [0, 0.1) is 6.92 Å². The molecule has 3 aromatic rings. The molecule has 0 unspecified atom stereocenters. The zero-order chi connectivity index (χ0) is 16.2. The minimum Gasteiger partial charge on any atom is -0.466 e. The summed E-state index contributed by atoms with van der Waals surface area (Å²) in [7, 11) is 1.76. The van der Waals surface area contributed by atoms with Crippen LogP contribution in [0.15, 0.2) is 40.8 Å². The second kappa shape index (κ2) is 6.43. The van der Waals surface area contributed by atoms with Gasteiger partial charge in [0.25, 0.3) is 5.91 Å². The van der Waals surface area contributed by atoms with Crippen molar-refractivity contribution in [2.45, 2.75) is 13.3 Å². The van der Waals surface area contributed by atoms with Gasteiger partial charge in [0.2, 0.25) is 0 Å². The van der Waals surface area contributed by atoms with Crippen molar-refractivity contribution in [2.75, 3.05) is 6.54 Å². The van der Waals surface area contributed by atoms with Crippen LogP contribution < -0.4 is 5.32 Å². The van der Waals surface area contributed by atoms with Crippen molar-refractivity contribution in [3.63, 3.8) is 0 Å². The fraction of sp³-hybridized carbons (Fsp3) is 0.250. The van der Waals surface area contributed by atoms with Crippen LogP contribution in [-0.2, 0) is 13.5 Å². The summed E-state index contributed by atoms with van der Waals surface area (Å²) in [4.78, 5) is 12.2. The van der Waals surface area contributed by atoms with Gasteiger partial charge in [-0.25, -0.2) is 4.68 Å². The molecule has 0 radical (unpaired) electrons. The number of aryl methyl sites for hydroxylation is 2. The number of carbonyl (C=O) groups excluding carboxylic acids is 1. The molecular weight excluding hydrogens is 294 g/mol. The van der Waals surface area contributed by atoms with E-state index < -0.39 is 0 Å². The van der Waals surface area contributed by atoms with E-state index in [1.807, 2.05) is 31.2 Å². The Hall–Kier alpha value is -2.96. The van der Waals surface area contributed by atoms with Crippen molar-refractivity contribution >= 4 is 5.91 Å². The molecule has 0 aliphatic heterocycles. The number of furan rings is 1. The van der Waals surface area contributed by atoms with Crippen molar-refractivity contribution in [1.29, 1.82) is 0 Å². The van der Waals surface area contributed by atoms with Crippen LogP contribution in [0.2, 0.25) is 0 Å². The monoisotopic (exact) mass is 311 g/mol. The van der Waals surface area contributed by atoms with Crippen LogP contribution in [-0.4, -0.2) is 32.7 Å². The third-order valence-electron chi connectivity index (χ3n) is 3.46. The standard InChI is InChI=1S/C16H17N5O2/c1-11-6-7-14(23-11)8-9-17-16(22)13-5-3-4-12(10-13)15-18-19-20-21(15)2/h3-7,10H,8-9H2,1-2H3,(H,17,22). The van der Waals surface area contributed by atoms with Crippen LogP contribution in [0.3, 0.4) is 0 Å². The zero-order valence-electron chi connectivity index (χ0n) is 13.0. The molecule has 23 heavy (non-hydrogen) atoms. The number of amides is 1. The van der Waals surface area contributed by atoms with Gasteiger partial charge in [-0.1, -0.05) is 12.1 Å². The van der Waals surface area contributed by atoms with Crippen molar-refractivity contribution in [3.8, 4) is 11.4 Å². The van der Waals surface area contributed by atoms with E-state index in [0.717, 1.165) is 17.1 Å². The first-order valence-electron chi connectivity index (χ1n) is 7.30. The van der Waals surface area contributed by atoms with Gasteiger partial charge in [0.05, 0.1) is 0 Å². The summed E-state index contributed by atoms with van der Waals surface area (Å²) in [5.74, 6) is 2.22. The van der Waals surface area contributed by atoms with Crippen molar-refractivity contribution in [1.82, 2.24) is 25.5 Å². The molecule has 0 saturated heterocycles. The molecule has 2 aromatic heterocycles. The first-order valence-corrected chi connectivity index (χ1v) is 7.30. The van der Waals surface area contributed by atoms with Gasteiger partial charge in [0.1, 0.15) is 11.5 Å². The summed E-state index contributed by atoms with van der Waals surface area (Å²) >= 11 is 0. The van der Waals surface area contributed by atoms with Crippen molar-refractivity contribution in [2.24, 2.45) is 7.05 Å². The van der Waals surface area contributed by atoms with Gasteiger partial charge in [0, 0.05) is 31.1 Å². The number of rotatable bonds is 5. The summed E-state index contributed by atoms with van der Waals surface area (Å²) in [6, 6.07) is 11.1. The Bertz CT molecular complexity index is 821. The number of tetrazole rings is 1. The molecule has 0 bridgehead atoms. The summed E-state index contributed by atoms with van der Waals surface area (Å²) < 4.78 is 7.04. The lowest BCUT2D eigenvalue weighted by molar-refractivity contribution is 0.0953. The first kappa shape index (κ1) is 15.0. The van der Waals surface area contributed by atoms with Gasteiger partial charge >= 0.3 is 0 Å². The molecule has 7 nitrogen and oxygen atoms in total. The predicted octanol–water partition coefficient (Wildman–Crippen LogP) is 1.75. The third kappa shape index (κ3) is 3.45. The molecule has 1 N–H and O–H groups in total. The number of carbonyl (C=O) groups is 1. The molecule has 0 aliphatic carbocycles. The van der Waals surface area contributed by atoms with E-state index in [1.54, 1.807) is 23.9 Å². The molecule has 118 valence electrons. The Balaban J connectivity index is 1.64. The van der Waals surface area contributed by atoms with Gasteiger partial charge in [-0.3, -0.25) is 4.79 Å². The fourth-order valence-corrected chi connectivity index (χ4v) is 2.29. The van der Waals surface area contributed by atoms with Crippen molar-refractivity contribution in [3.05, 3.63) is 53.5 Å². The largest absolute Gasteiger partial charge is 0.466 e. The normalized spacial score (nSPS) is 10.7. The van der Waals surface area contributed by atoms with E-state index in [-0.39, 0.29) is 5.91 Å². The number of aromatic nitrogens is 4. The highest BCUT2D eigenvalue weighted by molar-refractivity contribution is 5.95. The lowest BCUT2D eigenvalue weighted by Crippen LogP contribution is -2.25. The quantitative estimate of drug-likeness (QED) is 0.776. The summed E-state index contributed by atoms with van der Waals surface area (Å²) in [5.41, 5.74) is 1.37. The second-order valence-electron chi connectivity index (χ2n) is 5.23. The number of nitrogens with zero attached hydrogens (tertiary/aromatic N) is 4.